The average molecular weight is 388 g/mol. The first-order chi connectivity index (χ1) is 12.8. The maximum atomic E-state index is 12.8. The Labute approximate surface area is 160 Å². The molecule has 9 heteroatoms. The van der Waals surface area contributed by atoms with E-state index in [0.717, 1.165) is 9.75 Å². The van der Waals surface area contributed by atoms with Crippen LogP contribution in [0.25, 0.3) is 10.7 Å². The van der Waals surface area contributed by atoms with Crippen molar-refractivity contribution in [1.29, 1.82) is 0 Å². The van der Waals surface area contributed by atoms with Crippen LogP contribution in [-0.4, -0.2) is 28.0 Å². The van der Waals surface area contributed by atoms with E-state index in [2.05, 4.69) is 20.8 Å². The van der Waals surface area contributed by atoms with Crippen molar-refractivity contribution < 1.29 is 18.5 Å². The number of furan rings is 1. The van der Waals surface area contributed by atoms with Gasteiger partial charge in [0, 0.05) is 11.8 Å². The molecule has 0 unspecified atom stereocenters. The Hall–Kier alpha value is -2.94. The van der Waals surface area contributed by atoms with Crippen molar-refractivity contribution in [3.8, 4) is 10.7 Å². The van der Waals surface area contributed by atoms with E-state index in [1.165, 1.54) is 17.6 Å². The molecule has 0 radical (unpaired) electrons. The molecule has 0 spiro atoms. The topological polar surface area (TPSA) is 110 Å². The molecule has 0 saturated heterocycles. The Morgan fingerprint density at radius 2 is 2.04 bits per heavy atom. The Balaban J connectivity index is 1.74. The van der Waals surface area contributed by atoms with Crippen molar-refractivity contribution in [2.24, 2.45) is 5.92 Å². The lowest BCUT2D eigenvalue weighted by atomic mass is 10.0. The minimum Gasteiger partial charge on any atom is -0.459 e. The Morgan fingerprint density at radius 1 is 1.26 bits per heavy atom. The van der Waals surface area contributed by atoms with Crippen molar-refractivity contribution in [1.82, 2.24) is 15.5 Å². The Bertz CT molecular complexity index is 943. The van der Waals surface area contributed by atoms with E-state index in [9.17, 15) is 9.59 Å². The summed E-state index contributed by atoms with van der Waals surface area (Å²) in [5.74, 6) is 0.271. The van der Waals surface area contributed by atoms with Gasteiger partial charge in [-0.2, -0.15) is 4.98 Å². The molecule has 0 aromatic carbocycles. The van der Waals surface area contributed by atoms with Crippen LogP contribution in [0.5, 0.6) is 0 Å². The van der Waals surface area contributed by atoms with Gasteiger partial charge in [0.25, 0.3) is 5.91 Å². The fourth-order valence-corrected chi connectivity index (χ4v) is 3.38. The molecule has 0 aliphatic heterocycles. The van der Waals surface area contributed by atoms with Crippen molar-refractivity contribution in [2.45, 2.75) is 33.7 Å². The van der Waals surface area contributed by atoms with Crippen molar-refractivity contribution in [3.05, 3.63) is 41.0 Å². The molecule has 3 aromatic rings. The zero-order chi connectivity index (χ0) is 19.6. The molecule has 2 amide bonds. The van der Waals surface area contributed by atoms with E-state index in [4.69, 9.17) is 8.94 Å². The van der Waals surface area contributed by atoms with Gasteiger partial charge in [0.1, 0.15) is 6.04 Å². The summed E-state index contributed by atoms with van der Waals surface area (Å²) in [5, 5.41) is 9.49. The van der Waals surface area contributed by atoms with Gasteiger partial charge in [0.05, 0.1) is 16.8 Å². The molecular formula is C18H20N4O4S. The number of aromatic nitrogens is 2. The summed E-state index contributed by atoms with van der Waals surface area (Å²) in [6.07, 6.45) is 1.41. The van der Waals surface area contributed by atoms with Gasteiger partial charge in [-0.3, -0.25) is 9.59 Å². The summed E-state index contributed by atoms with van der Waals surface area (Å²) < 4.78 is 10.1. The maximum Gasteiger partial charge on any atom is 0.287 e. The van der Waals surface area contributed by atoms with E-state index in [1.54, 1.807) is 25.1 Å². The highest BCUT2D eigenvalue weighted by molar-refractivity contribution is 7.16. The summed E-state index contributed by atoms with van der Waals surface area (Å²) in [4.78, 5) is 30.9. The molecule has 0 fully saturated rings. The normalized spacial score (nSPS) is 12.2. The van der Waals surface area contributed by atoms with Crippen LogP contribution in [0.1, 0.15) is 35.2 Å². The van der Waals surface area contributed by atoms with E-state index in [1.807, 2.05) is 20.8 Å². The number of thiophene rings is 1. The molecule has 2 N–H and O–H groups in total. The summed E-state index contributed by atoms with van der Waals surface area (Å²) in [7, 11) is 0. The van der Waals surface area contributed by atoms with Crippen LogP contribution in [-0.2, 0) is 4.79 Å². The molecule has 3 aromatic heterocycles. The third kappa shape index (κ3) is 4.25. The zero-order valence-corrected chi connectivity index (χ0v) is 16.2. The molecule has 0 aliphatic rings. The molecule has 0 saturated carbocycles. The lowest BCUT2D eigenvalue weighted by Gasteiger charge is -2.21. The predicted octanol–water partition coefficient (Wildman–Crippen LogP) is 3.40. The van der Waals surface area contributed by atoms with Gasteiger partial charge < -0.3 is 19.6 Å². The van der Waals surface area contributed by atoms with Crippen LogP contribution >= 0.6 is 11.3 Å². The lowest BCUT2D eigenvalue weighted by molar-refractivity contribution is -0.118. The fourth-order valence-electron chi connectivity index (χ4n) is 2.48. The van der Waals surface area contributed by atoms with E-state index in [0.29, 0.717) is 17.4 Å². The molecule has 8 nitrogen and oxygen atoms in total. The summed E-state index contributed by atoms with van der Waals surface area (Å²) in [6.45, 7) is 7.33. The second-order valence-corrected chi connectivity index (χ2v) is 7.64. The molecule has 0 bridgehead atoms. The third-order valence-corrected chi connectivity index (χ3v) is 4.95. The number of rotatable bonds is 6. The zero-order valence-electron chi connectivity index (χ0n) is 15.4. The molecule has 27 heavy (non-hydrogen) atoms. The van der Waals surface area contributed by atoms with Gasteiger partial charge in [-0.05, 0) is 31.0 Å². The molecule has 3 heterocycles. The number of nitrogens with zero attached hydrogens (tertiary/aromatic N) is 2. The molecule has 142 valence electrons. The molecule has 0 aliphatic carbocycles. The van der Waals surface area contributed by atoms with E-state index >= 15 is 0 Å². The minimum absolute atomic E-state index is 0.109. The summed E-state index contributed by atoms with van der Waals surface area (Å²) >= 11 is 1.45. The van der Waals surface area contributed by atoms with Gasteiger partial charge in [-0.1, -0.05) is 19.0 Å². The number of carbonyl (C=O) groups excluding carboxylic acids is 2. The fraction of sp³-hybridized carbons (Fsp3) is 0.333. The quantitative estimate of drug-likeness (QED) is 0.670. The van der Waals surface area contributed by atoms with Crippen molar-refractivity contribution >= 4 is 28.8 Å². The largest absolute Gasteiger partial charge is 0.459 e. The number of carbonyl (C=O) groups is 2. The first-order valence-corrected chi connectivity index (χ1v) is 9.23. The standard InChI is InChI=1S/C18H20N4O4S/c1-9(2)15(21-17(23)13-6-5-7-25-13)18(24)20-12-8-14(27-10(12)3)16-19-11(4)26-22-16/h5-9,15H,1-4H3,(H,20,24)(H,21,23)/t15-/m1/s1. The summed E-state index contributed by atoms with van der Waals surface area (Å²) in [5.41, 5.74) is 0.653. The van der Waals surface area contributed by atoms with Crippen LogP contribution in [0.15, 0.2) is 33.4 Å². The van der Waals surface area contributed by atoms with Gasteiger partial charge in [-0.15, -0.1) is 11.3 Å². The first-order valence-electron chi connectivity index (χ1n) is 8.41. The number of aryl methyl sites for hydroxylation is 2. The van der Waals surface area contributed by atoms with Crippen LogP contribution in [0.3, 0.4) is 0 Å². The second kappa shape index (κ2) is 7.75. The number of nitrogens with one attached hydrogen (secondary N) is 2. The number of anilines is 1. The van der Waals surface area contributed by atoms with Crippen LogP contribution in [0.4, 0.5) is 5.69 Å². The molecule has 3 rings (SSSR count). The summed E-state index contributed by atoms with van der Waals surface area (Å²) in [6, 6.07) is 4.26. The van der Waals surface area contributed by atoms with Crippen LogP contribution < -0.4 is 10.6 Å². The van der Waals surface area contributed by atoms with Gasteiger partial charge in [0.2, 0.25) is 17.6 Å². The number of hydrogen-bond donors (Lipinski definition) is 2. The number of hydrogen-bond acceptors (Lipinski definition) is 7. The minimum atomic E-state index is -0.710. The first kappa shape index (κ1) is 18.8. The highest BCUT2D eigenvalue weighted by Crippen LogP contribution is 2.32. The van der Waals surface area contributed by atoms with E-state index < -0.39 is 11.9 Å². The maximum absolute atomic E-state index is 12.8. The third-order valence-electron chi connectivity index (χ3n) is 3.90. The Kier molecular flexibility index (Phi) is 5.41. The number of amides is 2. The monoisotopic (exact) mass is 388 g/mol. The molecule has 1 atom stereocenters. The second-order valence-electron chi connectivity index (χ2n) is 6.38. The smallest absolute Gasteiger partial charge is 0.287 e. The van der Waals surface area contributed by atoms with Crippen LogP contribution in [0.2, 0.25) is 0 Å². The Morgan fingerprint density at radius 3 is 2.63 bits per heavy atom. The van der Waals surface area contributed by atoms with E-state index in [-0.39, 0.29) is 17.6 Å². The van der Waals surface area contributed by atoms with Gasteiger partial charge >= 0.3 is 0 Å². The van der Waals surface area contributed by atoms with Crippen LogP contribution in [0, 0.1) is 19.8 Å². The van der Waals surface area contributed by atoms with Gasteiger partial charge in [0.15, 0.2) is 5.76 Å². The molecular weight excluding hydrogens is 368 g/mol. The lowest BCUT2D eigenvalue weighted by Crippen LogP contribution is -2.47. The highest BCUT2D eigenvalue weighted by Gasteiger charge is 2.26. The van der Waals surface area contributed by atoms with Crippen molar-refractivity contribution in [2.75, 3.05) is 5.32 Å². The average Bonchev–Trinajstić information content (AvgIpc) is 3.34. The SMILES string of the molecule is Cc1nc(-c2cc(NC(=O)[C@H](NC(=O)c3ccco3)C(C)C)c(C)s2)no1. The van der Waals surface area contributed by atoms with Crippen molar-refractivity contribution in [3.63, 3.8) is 0 Å². The predicted molar refractivity (Wildman–Crippen MR) is 101 cm³/mol. The van der Waals surface area contributed by atoms with Gasteiger partial charge in [-0.25, -0.2) is 0 Å². The highest BCUT2D eigenvalue weighted by atomic mass is 32.1.